The van der Waals surface area contributed by atoms with Crippen molar-refractivity contribution in [2.75, 3.05) is 19.6 Å². The third-order valence-electron chi connectivity index (χ3n) is 8.48. The van der Waals surface area contributed by atoms with Crippen LogP contribution >= 0.6 is 0 Å². The Morgan fingerprint density at radius 1 is 0.952 bits per heavy atom. The molecule has 4 amide bonds. The van der Waals surface area contributed by atoms with E-state index in [-0.39, 0.29) is 36.7 Å². The van der Waals surface area contributed by atoms with Crippen LogP contribution in [0.5, 0.6) is 0 Å². The molecule has 2 aliphatic rings. The lowest BCUT2D eigenvalue weighted by Gasteiger charge is -2.32. The summed E-state index contributed by atoms with van der Waals surface area (Å²) in [5.74, 6) is -0.0810. The average Bonchev–Trinajstić information content (AvgIpc) is 2.97. The topological polar surface area (TPSA) is 151 Å². The Bertz CT molecular complexity index is 963. The van der Waals surface area contributed by atoms with E-state index in [1.165, 1.54) is 6.42 Å². The molecule has 42 heavy (non-hydrogen) atoms. The molecule has 0 radical (unpaired) electrons. The predicted octanol–water partition coefficient (Wildman–Crippen LogP) is 2.49. The van der Waals surface area contributed by atoms with E-state index in [0.29, 0.717) is 51.1 Å². The second kappa shape index (κ2) is 17.4. The maximum atomic E-state index is 13.2. The van der Waals surface area contributed by atoms with Crippen molar-refractivity contribution in [2.24, 2.45) is 11.8 Å². The molecule has 1 aromatic carbocycles. The molecule has 6 N–H and O–H groups in total. The minimum Gasteiger partial charge on any atom is -0.393 e. The molecular weight excluding hydrogens is 536 g/mol. The number of hydrogen-bond donors (Lipinski definition) is 6. The van der Waals surface area contributed by atoms with Gasteiger partial charge >= 0.3 is 6.03 Å². The number of carbonyl (C=O) groups is 3. The number of carbonyl (C=O) groups excluding carboxylic acids is 3. The summed E-state index contributed by atoms with van der Waals surface area (Å²) in [4.78, 5) is 40.7. The molecule has 2 fully saturated rings. The van der Waals surface area contributed by atoms with Crippen LogP contribution in [0.4, 0.5) is 4.79 Å². The minimum atomic E-state index is -1.06. The summed E-state index contributed by atoms with van der Waals surface area (Å²) in [5, 5.41) is 39.9. The molecule has 236 valence electrons. The molecule has 10 nitrogen and oxygen atoms in total. The van der Waals surface area contributed by atoms with Crippen LogP contribution in [0.15, 0.2) is 30.3 Å². The van der Waals surface area contributed by atoms with Gasteiger partial charge in [0, 0.05) is 32.5 Å². The van der Waals surface area contributed by atoms with Crippen molar-refractivity contribution in [3.63, 3.8) is 0 Å². The van der Waals surface area contributed by atoms with Crippen molar-refractivity contribution in [1.29, 1.82) is 0 Å². The van der Waals surface area contributed by atoms with Crippen molar-refractivity contribution in [2.45, 2.75) is 115 Å². The smallest absolute Gasteiger partial charge is 0.318 e. The molecule has 3 rings (SSSR count). The van der Waals surface area contributed by atoms with Crippen LogP contribution in [0.1, 0.15) is 83.6 Å². The lowest BCUT2D eigenvalue weighted by molar-refractivity contribution is -0.124. The normalized spacial score (nSPS) is 19.5. The van der Waals surface area contributed by atoms with E-state index in [0.717, 1.165) is 31.2 Å². The number of nitrogens with zero attached hydrogens (tertiary/aromatic N) is 1. The zero-order valence-corrected chi connectivity index (χ0v) is 25.3. The Balaban J connectivity index is 1.56. The van der Waals surface area contributed by atoms with Crippen molar-refractivity contribution in [1.82, 2.24) is 20.9 Å². The van der Waals surface area contributed by atoms with E-state index in [1.54, 1.807) is 4.90 Å². The first-order chi connectivity index (χ1) is 20.1. The molecule has 0 aromatic heterocycles. The number of urea groups is 1. The van der Waals surface area contributed by atoms with E-state index in [1.807, 2.05) is 44.2 Å². The Labute approximate surface area is 250 Å². The summed E-state index contributed by atoms with van der Waals surface area (Å²) >= 11 is 0. The molecule has 0 spiro atoms. The van der Waals surface area contributed by atoms with Crippen LogP contribution in [0.2, 0.25) is 0 Å². The lowest BCUT2D eigenvalue weighted by atomic mass is 9.82. The van der Waals surface area contributed by atoms with Crippen molar-refractivity contribution in [3.05, 3.63) is 35.9 Å². The Kier molecular flexibility index (Phi) is 14.0. The van der Waals surface area contributed by atoms with Gasteiger partial charge < -0.3 is 36.2 Å². The number of likely N-dealkylation sites (tertiary alicyclic amines) is 1. The van der Waals surface area contributed by atoms with Crippen molar-refractivity contribution >= 4 is 17.8 Å². The largest absolute Gasteiger partial charge is 0.393 e. The van der Waals surface area contributed by atoms with Crippen molar-refractivity contribution in [3.8, 4) is 0 Å². The van der Waals surface area contributed by atoms with E-state index in [2.05, 4.69) is 16.0 Å². The maximum absolute atomic E-state index is 13.2. The second-order valence-corrected chi connectivity index (χ2v) is 12.6. The highest BCUT2D eigenvalue weighted by Crippen LogP contribution is 2.29. The van der Waals surface area contributed by atoms with Crippen LogP contribution in [0, 0.1) is 11.8 Å². The van der Waals surface area contributed by atoms with Gasteiger partial charge in [0.25, 0.3) is 0 Å². The first-order valence-electron chi connectivity index (χ1n) is 15.8. The summed E-state index contributed by atoms with van der Waals surface area (Å²) in [6.45, 7) is 4.89. The lowest BCUT2D eigenvalue weighted by Crippen LogP contribution is -2.54. The second-order valence-electron chi connectivity index (χ2n) is 12.6. The van der Waals surface area contributed by atoms with Gasteiger partial charge in [0.2, 0.25) is 11.8 Å². The third kappa shape index (κ3) is 11.5. The molecule has 1 aromatic rings. The number of aliphatic hydroxyl groups excluding tert-OH is 3. The quantitative estimate of drug-likeness (QED) is 0.197. The molecule has 4 atom stereocenters. The summed E-state index contributed by atoms with van der Waals surface area (Å²) in [5.41, 5.74) is 0.893. The molecule has 1 aliphatic carbocycles. The zero-order valence-electron chi connectivity index (χ0n) is 25.3. The monoisotopic (exact) mass is 588 g/mol. The SMILES string of the molecule is CC(C)C[C@H](O)[C@H](O)[C@H](CC1CCCCC1)NC(=O)CCNC(=O)[C@H](Cc1ccccc1)NC(=O)N1CCC(O)CC1. The van der Waals surface area contributed by atoms with Crippen molar-refractivity contribution < 1.29 is 29.7 Å². The maximum Gasteiger partial charge on any atom is 0.318 e. The van der Waals surface area contributed by atoms with E-state index in [4.69, 9.17) is 0 Å². The number of rotatable bonds is 14. The highest BCUT2D eigenvalue weighted by molar-refractivity contribution is 5.87. The Morgan fingerprint density at radius 3 is 2.26 bits per heavy atom. The molecule has 0 bridgehead atoms. The molecule has 1 saturated heterocycles. The number of aliphatic hydroxyl groups is 3. The van der Waals surface area contributed by atoms with Crippen LogP contribution in [0.3, 0.4) is 0 Å². The van der Waals surface area contributed by atoms with E-state index in [9.17, 15) is 29.7 Å². The number of nitrogens with one attached hydrogen (secondary N) is 3. The minimum absolute atomic E-state index is 0.00984. The molecular formula is C32H52N4O6. The van der Waals surface area contributed by atoms with Gasteiger partial charge in [-0.3, -0.25) is 9.59 Å². The van der Waals surface area contributed by atoms with Gasteiger partial charge in [-0.2, -0.15) is 0 Å². The fourth-order valence-corrected chi connectivity index (χ4v) is 6.03. The molecule has 1 saturated carbocycles. The first kappa shape index (κ1) is 33.8. The van der Waals surface area contributed by atoms with Gasteiger partial charge in [-0.1, -0.05) is 76.3 Å². The summed E-state index contributed by atoms with van der Waals surface area (Å²) in [6, 6.07) is 7.67. The van der Waals surface area contributed by atoms with Gasteiger partial charge in [0.15, 0.2) is 0 Å². The highest BCUT2D eigenvalue weighted by Gasteiger charge is 2.31. The summed E-state index contributed by atoms with van der Waals surface area (Å²) < 4.78 is 0. The number of hydrogen-bond acceptors (Lipinski definition) is 6. The fourth-order valence-electron chi connectivity index (χ4n) is 6.03. The molecule has 10 heteroatoms. The van der Waals surface area contributed by atoms with Gasteiger partial charge in [-0.25, -0.2) is 4.79 Å². The standard InChI is InChI=1S/C32H52N4O6/c1-22(2)19-28(38)30(40)26(20-23-9-5-3-6-10-23)34-29(39)13-16-33-31(41)27(21-24-11-7-4-8-12-24)35-32(42)36-17-14-25(37)15-18-36/h4,7-8,11-12,22-23,25-28,30,37-38,40H,3,5-6,9-10,13-21H2,1-2H3,(H,33,41)(H,34,39)(H,35,42)/t26-,27-,28-,30+/m0/s1. The van der Waals surface area contributed by atoms with E-state index >= 15 is 0 Å². The third-order valence-corrected chi connectivity index (χ3v) is 8.48. The van der Waals surface area contributed by atoms with Gasteiger partial charge in [0.1, 0.15) is 12.1 Å². The zero-order chi connectivity index (χ0) is 30.5. The van der Waals surface area contributed by atoms with Gasteiger partial charge in [0.05, 0.1) is 18.2 Å². The van der Waals surface area contributed by atoms with Crippen LogP contribution < -0.4 is 16.0 Å². The van der Waals surface area contributed by atoms with E-state index < -0.39 is 30.4 Å². The van der Waals surface area contributed by atoms with Crippen LogP contribution in [0.25, 0.3) is 0 Å². The molecule has 1 aliphatic heterocycles. The Hall–Kier alpha value is -2.69. The predicted molar refractivity (Wildman–Crippen MR) is 161 cm³/mol. The first-order valence-corrected chi connectivity index (χ1v) is 15.8. The molecule has 1 heterocycles. The summed E-state index contributed by atoms with van der Waals surface area (Å²) in [7, 11) is 0. The van der Waals surface area contributed by atoms with Crippen LogP contribution in [-0.4, -0.2) is 88.1 Å². The Morgan fingerprint density at radius 2 is 1.62 bits per heavy atom. The summed E-state index contributed by atoms with van der Waals surface area (Å²) in [6.07, 6.45) is 5.58. The number of piperidine rings is 1. The van der Waals surface area contributed by atoms with Crippen LogP contribution in [-0.2, 0) is 16.0 Å². The number of benzene rings is 1. The average molecular weight is 589 g/mol. The van der Waals surface area contributed by atoms with Gasteiger partial charge in [-0.15, -0.1) is 0 Å². The fraction of sp³-hybridized carbons (Fsp3) is 0.719. The number of amides is 4. The molecule has 0 unspecified atom stereocenters. The highest BCUT2D eigenvalue weighted by atomic mass is 16.3. The van der Waals surface area contributed by atoms with Gasteiger partial charge in [-0.05, 0) is 43.1 Å².